The van der Waals surface area contributed by atoms with Gasteiger partial charge in [-0.2, -0.15) is 0 Å². The van der Waals surface area contributed by atoms with Crippen molar-refractivity contribution < 1.29 is 12.8 Å². The Labute approximate surface area is 101 Å². The third-order valence-corrected chi connectivity index (χ3v) is 3.34. The first kappa shape index (κ1) is 12.0. The quantitative estimate of drug-likeness (QED) is 0.780. The molecule has 0 aliphatic carbocycles. The second-order valence-electron chi connectivity index (χ2n) is 3.31. The number of halogens is 2. The lowest BCUT2D eigenvalue weighted by Crippen LogP contribution is -2.02. The molecule has 0 radical (unpaired) electrons. The lowest BCUT2D eigenvalue weighted by Gasteiger charge is -2.01. The fourth-order valence-electron chi connectivity index (χ4n) is 1.41. The van der Waals surface area contributed by atoms with Crippen LogP contribution in [-0.4, -0.2) is 23.2 Å². The number of aromatic nitrogens is 3. The van der Waals surface area contributed by atoms with E-state index in [2.05, 4.69) is 10.2 Å². The zero-order chi connectivity index (χ0) is 12.6. The Morgan fingerprint density at radius 2 is 2.06 bits per heavy atom. The summed E-state index contributed by atoms with van der Waals surface area (Å²) in [6.45, 7) is 0. The van der Waals surface area contributed by atoms with E-state index in [4.69, 9.17) is 10.7 Å². The first-order chi connectivity index (χ1) is 7.89. The van der Waals surface area contributed by atoms with Crippen LogP contribution in [-0.2, 0) is 16.1 Å². The van der Waals surface area contributed by atoms with Gasteiger partial charge in [0.25, 0.3) is 14.2 Å². The molecule has 0 bridgehead atoms. The van der Waals surface area contributed by atoms with Crippen LogP contribution in [0.3, 0.4) is 0 Å². The Morgan fingerprint density at radius 1 is 1.35 bits per heavy atom. The van der Waals surface area contributed by atoms with Gasteiger partial charge < -0.3 is 0 Å². The lowest BCUT2D eigenvalue weighted by atomic mass is 10.2. The molecule has 0 atom stereocenters. The minimum Gasteiger partial charge on any atom is -0.300 e. The molecule has 5 nitrogen and oxygen atoms in total. The molecule has 2 aromatic rings. The highest BCUT2D eigenvalue weighted by atomic mass is 35.7. The third-order valence-electron chi connectivity index (χ3n) is 2.14. The molecule has 1 aromatic carbocycles. The summed E-state index contributed by atoms with van der Waals surface area (Å²) in [4.78, 5) is 0. The largest absolute Gasteiger partial charge is 0.300 e. The Hall–Kier alpha value is -1.47. The van der Waals surface area contributed by atoms with Gasteiger partial charge in [0, 0.05) is 23.3 Å². The summed E-state index contributed by atoms with van der Waals surface area (Å²) in [5.74, 6) is -0.218. The van der Waals surface area contributed by atoms with E-state index in [0.29, 0.717) is 5.56 Å². The maximum absolute atomic E-state index is 13.0. The highest BCUT2D eigenvalue weighted by Crippen LogP contribution is 2.21. The van der Waals surface area contributed by atoms with Crippen LogP contribution in [0, 0.1) is 5.82 Å². The van der Waals surface area contributed by atoms with E-state index in [-0.39, 0.29) is 11.0 Å². The van der Waals surface area contributed by atoms with Crippen LogP contribution in [0.1, 0.15) is 0 Å². The van der Waals surface area contributed by atoms with Gasteiger partial charge in [-0.25, -0.2) is 12.8 Å². The Morgan fingerprint density at radius 3 is 2.59 bits per heavy atom. The number of rotatable bonds is 2. The molecule has 0 aliphatic rings. The van der Waals surface area contributed by atoms with Crippen molar-refractivity contribution in [2.45, 2.75) is 5.16 Å². The predicted octanol–water partition coefficient (Wildman–Crippen LogP) is 1.55. The summed E-state index contributed by atoms with van der Waals surface area (Å²) in [6.07, 6.45) is 0. The first-order valence-electron chi connectivity index (χ1n) is 4.49. The van der Waals surface area contributed by atoms with Gasteiger partial charge in [-0.1, -0.05) is 12.1 Å². The summed E-state index contributed by atoms with van der Waals surface area (Å²) in [5, 5.41) is 6.76. The SMILES string of the molecule is Cn1c(-c2cccc(F)c2)nnc1S(=O)(=O)Cl. The maximum Gasteiger partial charge on any atom is 0.296 e. The molecule has 0 N–H and O–H groups in total. The number of benzene rings is 1. The fourth-order valence-corrected chi connectivity index (χ4v) is 2.36. The fraction of sp³-hybridized carbons (Fsp3) is 0.111. The van der Waals surface area contributed by atoms with E-state index in [1.165, 1.54) is 29.8 Å². The summed E-state index contributed by atoms with van der Waals surface area (Å²) < 4.78 is 36.5. The zero-order valence-corrected chi connectivity index (χ0v) is 10.2. The van der Waals surface area contributed by atoms with E-state index in [9.17, 15) is 12.8 Å². The molecule has 17 heavy (non-hydrogen) atoms. The number of hydrogen-bond donors (Lipinski definition) is 0. The maximum atomic E-state index is 13.0. The Bertz CT molecular complexity index is 669. The van der Waals surface area contributed by atoms with Gasteiger partial charge in [0.2, 0.25) is 0 Å². The lowest BCUT2D eigenvalue weighted by molar-refractivity contribution is 0.593. The molecule has 8 heteroatoms. The number of hydrogen-bond acceptors (Lipinski definition) is 4. The van der Waals surface area contributed by atoms with Crippen molar-refractivity contribution in [1.82, 2.24) is 14.8 Å². The molecule has 90 valence electrons. The van der Waals surface area contributed by atoms with Crippen LogP contribution in [0.25, 0.3) is 11.4 Å². The minimum absolute atomic E-state index is 0.226. The molecular formula is C9H7ClFN3O2S. The first-order valence-corrected chi connectivity index (χ1v) is 6.80. The van der Waals surface area contributed by atoms with E-state index >= 15 is 0 Å². The summed E-state index contributed by atoms with van der Waals surface area (Å²) in [5.41, 5.74) is 0.423. The van der Waals surface area contributed by atoms with Crippen molar-refractivity contribution in [3.8, 4) is 11.4 Å². The standard InChI is InChI=1S/C9H7ClFN3O2S/c1-14-8(6-3-2-4-7(11)5-6)12-13-9(14)17(10,15)16/h2-5H,1H3. The zero-order valence-electron chi connectivity index (χ0n) is 8.63. The van der Waals surface area contributed by atoms with E-state index in [1.807, 2.05) is 0 Å². The van der Waals surface area contributed by atoms with Crippen LogP contribution in [0.15, 0.2) is 29.4 Å². The number of nitrogens with zero attached hydrogens (tertiary/aromatic N) is 3. The normalized spacial score (nSPS) is 11.7. The third kappa shape index (κ3) is 2.29. The monoisotopic (exact) mass is 275 g/mol. The topological polar surface area (TPSA) is 64.8 Å². The molecule has 0 aliphatic heterocycles. The molecule has 0 spiro atoms. The van der Waals surface area contributed by atoms with E-state index in [1.54, 1.807) is 6.07 Å². The van der Waals surface area contributed by atoms with Crippen molar-refractivity contribution in [2.75, 3.05) is 0 Å². The van der Waals surface area contributed by atoms with Crippen molar-refractivity contribution in [3.05, 3.63) is 30.1 Å². The van der Waals surface area contributed by atoms with Crippen LogP contribution in [0.4, 0.5) is 4.39 Å². The van der Waals surface area contributed by atoms with Crippen LogP contribution >= 0.6 is 10.7 Å². The predicted molar refractivity (Wildman–Crippen MR) is 59.4 cm³/mol. The van der Waals surface area contributed by atoms with Gasteiger partial charge in [-0.05, 0) is 12.1 Å². The average molecular weight is 276 g/mol. The second kappa shape index (κ2) is 4.08. The van der Waals surface area contributed by atoms with Gasteiger partial charge >= 0.3 is 0 Å². The smallest absolute Gasteiger partial charge is 0.296 e. The van der Waals surface area contributed by atoms with Crippen molar-refractivity contribution in [2.24, 2.45) is 7.05 Å². The Balaban J connectivity index is 2.60. The van der Waals surface area contributed by atoms with Crippen molar-refractivity contribution >= 4 is 19.7 Å². The van der Waals surface area contributed by atoms with Gasteiger partial charge in [-0.15, -0.1) is 10.2 Å². The summed E-state index contributed by atoms with van der Waals surface area (Å²) in [7, 11) is 2.65. The Kier molecular flexibility index (Phi) is 2.88. The second-order valence-corrected chi connectivity index (χ2v) is 5.77. The van der Waals surface area contributed by atoms with Gasteiger partial charge in [-0.3, -0.25) is 4.57 Å². The molecule has 1 heterocycles. The van der Waals surface area contributed by atoms with Crippen LogP contribution < -0.4 is 0 Å². The minimum atomic E-state index is -3.96. The molecule has 2 rings (SSSR count). The highest BCUT2D eigenvalue weighted by molar-refractivity contribution is 8.13. The summed E-state index contributed by atoms with van der Waals surface area (Å²) in [6, 6.07) is 5.60. The molecular weight excluding hydrogens is 269 g/mol. The van der Waals surface area contributed by atoms with Crippen molar-refractivity contribution in [3.63, 3.8) is 0 Å². The van der Waals surface area contributed by atoms with Gasteiger partial charge in [0.05, 0.1) is 0 Å². The van der Waals surface area contributed by atoms with Crippen molar-refractivity contribution in [1.29, 1.82) is 0 Å². The molecule has 0 unspecified atom stereocenters. The van der Waals surface area contributed by atoms with Crippen LogP contribution in [0.2, 0.25) is 0 Å². The van der Waals surface area contributed by atoms with Gasteiger partial charge in [0.15, 0.2) is 5.82 Å². The molecule has 0 saturated heterocycles. The molecule has 0 saturated carbocycles. The van der Waals surface area contributed by atoms with E-state index < -0.39 is 14.9 Å². The molecule has 0 fully saturated rings. The van der Waals surface area contributed by atoms with E-state index in [0.717, 1.165) is 0 Å². The van der Waals surface area contributed by atoms with Crippen LogP contribution in [0.5, 0.6) is 0 Å². The van der Waals surface area contributed by atoms with Gasteiger partial charge in [0.1, 0.15) is 5.82 Å². The highest BCUT2D eigenvalue weighted by Gasteiger charge is 2.20. The molecule has 1 aromatic heterocycles. The summed E-state index contributed by atoms with van der Waals surface area (Å²) >= 11 is 0. The molecule has 0 amide bonds. The average Bonchev–Trinajstić information content (AvgIpc) is 2.59.